The Labute approximate surface area is 307 Å². The van der Waals surface area contributed by atoms with E-state index in [1.54, 1.807) is 45.2 Å². The summed E-state index contributed by atoms with van der Waals surface area (Å²) in [6.45, 7) is 1.99. The van der Waals surface area contributed by atoms with Crippen molar-refractivity contribution in [1.82, 2.24) is 34.8 Å². The number of halogens is 1. The standard InChI is InChI=1S/C40H43FN8O4/c1-23(43-22-35(50)48-31(21-42)18-28-19-34(28)48)20-40(38-44-39(53)49(45-38)30-12-10-29(41)11-13-30)32-14-8-26(36(51)46(2)3)16-24(32)6-7-25-17-27(9-15-33(25)40)37(52)47(4)5/h8-17,23,28,31,34,43H,6-7,18-20,22H2,1-5H3,(H,44,45,53)/t23-,28+,31?,34-/m0/s1. The molecule has 3 aromatic carbocycles. The van der Waals surface area contributed by atoms with Crippen LogP contribution in [0.2, 0.25) is 0 Å². The van der Waals surface area contributed by atoms with Gasteiger partial charge < -0.3 is 20.0 Å². The zero-order chi connectivity index (χ0) is 37.8. The van der Waals surface area contributed by atoms with Crippen LogP contribution in [0.5, 0.6) is 0 Å². The van der Waals surface area contributed by atoms with Gasteiger partial charge in [0, 0.05) is 51.4 Å². The van der Waals surface area contributed by atoms with Gasteiger partial charge in [0.25, 0.3) is 11.8 Å². The number of hydrogen-bond donors (Lipinski definition) is 2. The van der Waals surface area contributed by atoms with Crippen LogP contribution in [0.25, 0.3) is 5.69 Å². The summed E-state index contributed by atoms with van der Waals surface area (Å²) in [5.74, 6) is -0.177. The number of rotatable bonds is 9. The van der Waals surface area contributed by atoms with Crippen LogP contribution in [0.1, 0.15) is 75.0 Å². The quantitative estimate of drug-likeness (QED) is 0.270. The summed E-state index contributed by atoms with van der Waals surface area (Å²) in [5.41, 5.74) is 3.12. The second kappa shape index (κ2) is 13.7. The van der Waals surface area contributed by atoms with E-state index in [4.69, 9.17) is 5.10 Å². The van der Waals surface area contributed by atoms with Crippen molar-refractivity contribution in [3.63, 3.8) is 0 Å². The number of fused-ring (bicyclic) bond motifs is 3. The number of carbonyl (C=O) groups excluding carboxylic acids is 3. The van der Waals surface area contributed by atoms with E-state index in [0.29, 0.717) is 54.2 Å². The molecule has 2 heterocycles. The average molecular weight is 719 g/mol. The van der Waals surface area contributed by atoms with Crippen LogP contribution in [-0.2, 0) is 23.1 Å². The number of benzene rings is 3. The highest BCUT2D eigenvalue weighted by atomic mass is 19.1. The first-order valence-corrected chi connectivity index (χ1v) is 17.9. The fourth-order valence-electron chi connectivity index (χ4n) is 8.29. The molecular formula is C40H43FN8O4. The number of nitrogens with one attached hydrogen (secondary N) is 2. The molecule has 1 saturated carbocycles. The maximum Gasteiger partial charge on any atom is 0.348 e. The molecule has 1 saturated heterocycles. The van der Waals surface area contributed by atoms with Crippen molar-refractivity contribution >= 4 is 17.7 Å². The van der Waals surface area contributed by atoms with Gasteiger partial charge in [0.05, 0.1) is 23.7 Å². The van der Waals surface area contributed by atoms with E-state index in [-0.39, 0.29) is 36.3 Å². The number of nitriles is 1. The maximum absolute atomic E-state index is 13.9. The smallest absolute Gasteiger partial charge is 0.345 e. The third-order valence-electron chi connectivity index (χ3n) is 10.9. The lowest BCUT2D eigenvalue weighted by atomic mass is 9.67. The van der Waals surface area contributed by atoms with Crippen LogP contribution < -0.4 is 11.0 Å². The minimum absolute atomic E-state index is 0.0193. The number of piperidine rings is 1. The topological polar surface area (TPSA) is 147 Å². The summed E-state index contributed by atoms with van der Waals surface area (Å²) < 4.78 is 15.1. The van der Waals surface area contributed by atoms with E-state index in [1.165, 1.54) is 38.7 Å². The highest BCUT2D eigenvalue weighted by Crippen LogP contribution is 2.48. The van der Waals surface area contributed by atoms with Gasteiger partial charge in [0.1, 0.15) is 17.7 Å². The number of carbonyl (C=O) groups is 3. The van der Waals surface area contributed by atoms with Crippen molar-refractivity contribution in [2.75, 3.05) is 34.7 Å². The van der Waals surface area contributed by atoms with Crippen LogP contribution in [0.15, 0.2) is 65.5 Å². The summed E-state index contributed by atoms with van der Waals surface area (Å²) in [5, 5.41) is 18.0. The van der Waals surface area contributed by atoms with Gasteiger partial charge in [-0.05, 0) is 116 Å². The monoisotopic (exact) mass is 718 g/mol. The molecule has 3 aliphatic rings. The molecule has 1 aromatic heterocycles. The first-order chi connectivity index (χ1) is 25.3. The van der Waals surface area contributed by atoms with E-state index >= 15 is 0 Å². The van der Waals surface area contributed by atoms with E-state index < -0.39 is 23.0 Å². The molecule has 7 rings (SSSR count). The first-order valence-electron chi connectivity index (χ1n) is 17.9. The number of H-pyrrole nitrogens is 1. The van der Waals surface area contributed by atoms with Gasteiger partial charge in [0.2, 0.25) is 5.91 Å². The number of aromatic nitrogens is 3. The molecule has 13 heteroatoms. The lowest BCUT2D eigenvalue weighted by Gasteiger charge is -2.37. The Bertz CT molecular complexity index is 2130. The molecule has 3 amide bonds. The Hall–Kier alpha value is -5.61. The summed E-state index contributed by atoms with van der Waals surface area (Å²) in [7, 11) is 6.79. The highest BCUT2D eigenvalue weighted by Gasteiger charge is 2.54. The normalized spacial score (nSPS) is 19.9. The molecule has 2 N–H and O–H groups in total. The number of aromatic amines is 1. The molecule has 0 radical (unpaired) electrons. The van der Waals surface area contributed by atoms with Gasteiger partial charge in [-0.25, -0.2) is 9.18 Å². The molecule has 0 spiro atoms. The van der Waals surface area contributed by atoms with Crippen LogP contribution in [0.3, 0.4) is 0 Å². The number of aryl methyl sites for hydroxylation is 2. The Morgan fingerprint density at radius 1 is 0.962 bits per heavy atom. The molecule has 53 heavy (non-hydrogen) atoms. The number of likely N-dealkylation sites (tertiary alicyclic amines) is 1. The SMILES string of the molecule is C[C@@H](CC1(c2nn(-c3ccc(F)cc3)c(=O)[nH]2)c2ccc(C(=O)N(C)C)cc2CCc2cc(C(=O)N(C)C)ccc21)NCC(=O)N1C(C#N)C[C@@H]2C[C@@H]21. The molecule has 2 fully saturated rings. The molecule has 1 aliphatic heterocycles. The molecule has 4 aromatic rings. The Kier molecular flexibility index (Phi) is 9.28. The summed E-state index contributed by atoms with van der Waals surface area (Å²) in [6.07, 6.45) is 3.02. The van der Waals surface area contributed by atoms with E-state index in [9.17, 15) is 28.8 Å². The zero-order valence-electron chi connectivity index (χ0n) is 30.5. The zero-order valence-corrected chi connectivity index (χ0v) is 30.5. The van der Waals surface area contributed by atoms with Gasteiger partial charge in [-0.2, -0.15) is 9.94 Å². The third kappa shape index (κ3) is 6.41. The molecule has 12 nitrogen and oxygen atoms in total. The van der Waals surface area contributed by atoms with E-state index in [1.807, 2.05) is 31.2 Å². The molecule has 0 bridgehead atoms. The average Bonchev–Trinajstić information content (AvgIpc) is 3.68. The summed E-state index contributed by atoms with van der Waals surface area (Å²) in [4.78, 5) is 61.5. The highest BCUT2D eigenvalue weighted by molar-refractivity contribution is 5.95. The van der Waals surface area contributed by atoms with Crippen LogP contribution in [-0.4, -0.2) is 100 Å². The third-order valence-corrected chi connectivity index (χ3v) is 10.9. The van der Waals surface area contributed by atoms with Crippen LogP contribution in [0.4, 0.5) is 4.39 Å². The van der Waals surface area contributed by atoms with Crippen LogP contribution >= 0.6 is 0 Å². The second-order valence-corrected chi connectivity index (χ2v) is 14.9. The van der Waals surface area contributed by atoms with Crippen LogP contribution in [0, 0.1) is 23.1 Å². The molecule has 4 atom stereocenters. The molecule has 274 valence electrons. The summed E-state index contributed by atoms with van der Waals surface area (Å²) >= 11 is 0. The van der Waals surface area contributed by atoms with Crippen molar-refractivity contribution in [3.05, 3.63) is 116 Å². The van der Waals surface area contributed by atoms with Crippen molar-refractivity contribution in [2.24, 2.45) is 5.92 Å². The lowest BCUT2D eigenvalue weighted by Crippen LogP contribution is -2.46. The largest absolute Gasteiger partial charge is 0.348 e. The Morgan fingerprint density at radius 2 is 1.55 bits per heavy atom. The van der Waals surface area contributed by atoms with Gasteiger partial charge >= 0.3 is 5.69 Å². The second-order valence-electron chi connectivity index (χ2n) is 14.9. The summed E-state index contributed by atoms with van der Waals surface area (Å²) in [6, 6.07) is 18.3. The number of hydrogen-bond acceptors (Lipinski definition) is 7. The fourth-order valence-corrected chi connectivity index (χ4v) is 8.29. The van der Waals surface area contributed by atoms with Gasteiger partial charge in [-0.3, -0.25) is 19.4 Å². The molecule has 1 unspecified atom stereocenters. The minimum Gasteiger partial charge on any atom is -0.345 e. The fraction of sp³-hybridized carbons (Fsp3) is 0.400. The van der Waals surface area contributed by atoms with Gasteiger partial charge in [-0.15, -0.1) is 5.10 Å². The van der Waals surface area contributed by atoms with Crippen molar-refractivity contribution in [2.45, 2.75) is 62.6 Å². The predicted molar refractivity (Wildman–Crippen MR) is 195 cm³/mol. The van der Waals surface area contributed by atoms with Crippen molar-refractivity contribution < 1.29 is 18.8 Å². The Balaban J connectivity index is 1.39. The molecular weight excluding hydrogens is 675 g/mol. The Morgan fingerprint density at radius 3 is 2.09 bits per heavy atom. The van der Waals surface area contributed by atoms with Crippen molar-refractivity contribution in [1.29, 1.82) is 5.26 Å². The minimum atomic E-state index is -1.15. The lowest BCUT2D eigenvalue weighted by molar-refractivity contribution is -0.131. The van der Waals surface area contributed by atoms with Crippen molar-refractivity contribution in [3.8, 4) is 11.8 Å². The van der Waals surface area contributed by atoms with Gasteiger partial charge in [0.15, 0.2) is 0 Å². The van der Waals surface area contributed by atoms with Gasteiger partial charge in [-0.1, -0.05) is 12.1 Å². The first kappa shape index (κ1) is 35.8. The molecule has 2 aliphatic carbocycles. The van der Waals surface area contributed by atoms with E-state index in [2.05, 4.69) is 16.4 Å². The number of amides is 3. The maximum atomic E-state index is 13.9. The van der Waals surface area contributed by atoms with E-state index in [0.717, 1.165) is 28.7 Å². The number of nitrogens with zero attached hydrogens (tertiary/aromatic N) is 6. The predicted octanol–water partition coefficient (Wildman–Crippen LogP) is 3.42.